The Bertz CT molecular complexity index is 1030. The summed E-state index contributed by atoms with van der Waals surface area (Å²) in [4.78, 5) is 24.0. The minimum atomic E-state index is -3.71. The van der Waals surface area contributed by atoms with Crippen molar-refractivity contribution in [3.05, 3.63) is 47.8 Å². The maximum atomic E-state index is 13.5. The molecule has 1 N–H and O–H groups in total. The van der Waals surface area contributed by atoms with Gasteiger partial charge >= 0.3 is 5.97 Å². The van der Waals surface area contributed by atoms with Crippen molar-refractivity contribution in [2.45, 2.75) is 17.7 Å². The van der Waals surface area contributed by atoms with Gasteiger partial charge in [-0.25, -0.2) is 22.0 Å². The highest BCUT2D eigenvalue weighted by Crippen LogP contribution is 2.23. The second-order valence-corrected chi connectivity index (χ2v) is 8.44. The number of para-hydroxylation sites is 1. The number of carbonyl (C=O) groups excluding carboxylic acids is 2. The third kappa shape index (κ3) is 4.46. The van der Waals surface area contributed by atoms with Crippen molar-refractivity contribution in [3.63, 3.8) is 0 Å². The number of hydrogen-bond donors (Lipinski definition) is 1. The van der Waals surface area contributed by atoms with E-state index in [1.165, 1.54) is 28.2 Å². The smallest absolute Gasteiger partial charge is 0.355 e. The van der Waals surface area contributed by atoms with Gasteiger partial charge in [0.15, 0.2) is 6.61 Å². The largest absolute Gasteiger partial charge is 0.451 e. The number of halogens is 2. The van der Waals surface area contributed by atoms with Gasteiger partial charge in [-0.2, -0.15) is 4.31 Å². The first-order valence-corrected chi connectivity index (χ1v) is 10.2. The van der Waals surface area contributed by atoms with Crippen molar-refractivity contribution in [1.29, 1.82) is 0 Å². The lowest BCUT2D eigenvalue weighted by atomic mass is 10.3. The summed E-state index contributed by atoms with van der Waals surface area (Å²) in [5.41, 5.74) is -0.723. The zero-order chi connectivity index (χ0) is 21.2. The Labute approximate surface area is 166 Å². The molecule has 11 heteroatoms. The van der Waals surface area contributed by atoms with Gasteiger partial charge in [0, 0.05) is 26.3 Å². The predicted octanol–water partition coefficient (Wildman–Crippen LogP) is 1.88. The number of amides is 1. The molecule has 0 spiro atoms. The third-order valence-corrected chi connectivity index (χ3v) is 6.32. The van der Waals surface area contributed by atoms with Crippen LogP contribution in [0, 0.1) is 11.6 Å². The zero-order valence-corrected chi connectivity index (χ0v) is 16.3. The number of esters is 1. The molecule has 1 aromatic carbocycles. The lowest BCUT2D eigenvalue weighted by Crippen LogP contribution is -2.27. The van der Waals surface area contributed by atoms with Crippen LogP contribution in [0.2, 0.25) is 0 Å². The fourth-order valence-electron chi connectivity index (χ4n) is 2.95. The zero-order valence-electron chi connectivity index (χ0n) is 15.5. The van der Waals surface area contributed by atoms with Gasteiger partial charge in [-0.1, -0.05) is 6.07 Å². The minimum Gasteiger partial charge on any atom is -0.451 e. The van der Waals surface area contributed by atoms with Crippen LogP contribution in [0.1, 0.15) is 23.3 Å². The normalized spacial score (nSPS) is 14.7. The Hall–Kier alpha value is -2.79. The molecule has 0 bridgehead atoms. The summed E-state index contributed by atoms with van der Waals surface area (Å²) in [6.45, 7) is 0.0412. The molecule has 1 fully saturated rings. The van der Waals surface area contributed by atoms with Gasteiger partial charge in [0.1, 0.15) is 27.9 Å². The molecule has 156 valence electrons. The van der Waals surface area contributed by atoms with Gasteiger partial charge in [0.2, 0.25) is 10.0 Å². The fourth-order valence-corrected chi connectivity index (χ4v) is 4.54. The first kappa shape index (κ1) is 20.9. The van der Waals surface area contributed by atoms with Gasteiger partial charge in [0.05, 0.1) is 0 Å². The number of aryl methyl sites for hydroxylation is 1. The number of anilines is 1. The van der Waals surface area contributed by atoms with Crippen LogP contribution in [0.15, 0.2) is 35.4 Å². The number of ether oxygens (including phenoxy) is 1. The van der Waals surface area contributed by atoms with E-state index in [2.05, 4.69) is 0 Å². The molecule has 2 heterocycles. The van der Waals surface area contributed by atoms with E-state index in [9.17, 15) is 26.8 Å². The van der Waals surface area contributed by atoms with E-state index >= 15 is 0 Å². The van der Waals surface area contributed by atoms with Gasteiger partial charge in [-0.15, -0.1) is 0 Å². The van der Waals surface area contributed by atoms with E-state index in [0.29, 0.717) is 13.1 Å². The molecule has 29 heavy (non-hydrogen) atoms. The van der Waals surface area contributed by atoms with E-state index in [1.54, 1.807) is 0 Å². The quantitative estimate of drug-likeness (QED) is 0.710. The second kappa shape index (κ2) is 8.29. The van der Waals surface area contributed by atoms with E-state index in [-0.39, 0.29) is 10.6 Å². The first-order valence-electron chi connectivity index (χ1n) is 8.77. The van der Waals surface area contributed by atoms with Crippen molar-refractivity contribution in [1.82, 2.24) is 8.87 Å². The van der Waals surface area contributed by atoms with Crippen LogP contribution in [0.3, 0.4) is 0 Å². The summed E-state index contributed by atoms with van der Waals surface area (Å²) in [5, 5.41) is 1.99. The van der Waals surface area contributed by atoms with Crippen LogP contribution in [-0.2, 0) is 26.6 Å². The molecule has 0 unspecified atom stereocenters. The van der Waals surface area contributed by atoms with Crippen molar-refractivity contribution in [2.75, 3.05) is 25.0 Å². The van der Waals surface area contributed by atoms with Crippen LogP contribution in [-0.4, -0.2) is 48.9 Å². The first-order chi connectivity index (χ1) is 13.7. The predicted molar refractivity (Wildman–Crippen MR) is 98.7 cm³/mol. The highest BCUT2D eigenvalue weighted by molar-refractivity contribution is 7.89. The third-order valence-electron chi connectivity index (χ3n) is 4.45. The van der Waals surface area contributed by atoms with Crippen molar-refractivity contribution in [3.8, 4) is 0 Å². The molecule has 1 amide bonds. The summed E-state index contributed by atoms with van der Waals surface area (Å²) in [6.07, 6.45) is 2.84. The highest BCUT2D eigenvalue weighted by Gasteiger charge is 2.29. The molecule has 0 radical (unpaired) electrons. The average Bonchev–Trinajstić information content (AvgIpc) is 3.33. The average molecular weight is 427 g/mol. The van der Waals surface area contributed by atoms with Gasteiger partial charge in [0.25, 0.3) is 5.91 Å². The standard InChI is InChI=1S/C18H19F2N3O5S/c1-22-10-12(29(26,27)23-7-2-3-8-23)9-15(22)18(25)28-11-16(24)21-17-13(19)5-4-6-14(17)20/h4-6,9-10H,2-3,7-8,11H2,1H3,(H,21,24). The van der Waals surface area contributed by atoms with Gasteiger partial charge in [-0.3, -0.25) is 4.79 Å². The SMILES string of the molecule is Cn1cc(S(=O)(=O)N2CCCC2)cc1C(=O)OCC(=O)Nc1c(F)cccc1F. The highest BCUT2D eigenvalue weighted by atomic mass is 32.2. The van der Waals surface area contributed by atoms with E-state index in [0.717, 1.165) is 31.0 Å². The molecule has 3 rings (SSSR count). The van der Waals surface area contributed by atoms with Gasteiger partial charge in [-0.05, 0) is 31.0 Å². The molecule has 0 aliphatic carbocycles. The van der Waals surface area contributed by atoms with Crippen LogP contribution in [0.5, 0.6) is 0 Å². The summed E-state index contributed by atoms with van der Waals surface area (Å²) >= 11 is 0. The van der Waals surface area contributed by atoms with Crippen molar-refractivity contribution >= 4 is 27.6 Å². The molecule has 1 aromatic heterocycles. The summed E-state index contributed by atoms with van der Waals surface area (Å²) in [7, 11) is -2.25. The molecule has 1 aliphatic rings. The molecule has 1 aliphatic heterocycles. The number of benzene rings is 1. The van der Waals surface area contributed by atoms with Crippen LogP contribution in [0.4, 0.5) is 14.5 Å². The lowest BCUT2D eigenvalue weighted by Gasteiger charge is -2.13. The molecular weight excluding hydrogens is 408 g/mol. The molecule has 8 nitrogen and oxygen atoms in total. The van der Waals surface area contributed by atoms with Crippen LogP contribution in [0.25, 0.3) is 0 Å². The van der Waals surface area contributed by atoms with E-state index in [1.807, 2.05) is 5.32 Å². The molecule has 0 atom stereocenters. The Morgan fingerprint density at radius 3 is 2.41 bits per heavy atom. The van der Waals surface area contributed by atoms with Crippen molar-refractivity contribution < 1.29 is 31.5 Å². The van der Waals surface area contributed by atoms with E-state index in [4.69, 9.17) is 4.74 Å². The number of nitrogens with one attached hydrogen (secondary N) is 1. The number of hydrogen-bond acceptors (Lipinski definition) is 5. The molecule has 0 saturated carbocycles. The fraction of sp³-hybridized carbons (Fsp3) is 0.333. The second-order valence-electron chi connectivity index (χ2n) is 6.50. The van der Waals surface area contributed by atoms with Gasteiger partial charge < -0.3 is 14.6 Å². The summed E-state index contributed by atoms with van der Waals surface area (Å²) in [6, 6.07) is 4.25. The number of aromatic nitrogens is 1. The minimum absolute atomic E-state index is 0.0493. The van der Waals surface area contributed by atoms with Crippen LogP contribution < -0.4 is 5.32 Å². The maximum absolute atomic E-state index is 13.5. The maximum Gasteiger partial charge on any atom is 0.355 e. The Morgan fingerprint density at radius 1 is 1.17 bits per heavy atom. The summed E-state index contributed by atoms with van der Waals surface area (Å²) < 4.78 is 59.7. The topological polar surface area (TPSA) is 97.7 Å². The molecule has 1 saturated heterocycles. The van der Waals surface area contributed by atoms with E-state index < -0.39 is 45.8 Å². The Balaban J connectivity index is 1.65. The number of nitrogens with zero attached hydrogens (tertiary/aromatic N) is 2. The number of sulfonamides is 1. The number of rotatable bonds is 6. The Kier molecular flexibility index (Phi) is 5.99. The lowest BCUT2D eigenvalue weighted by molar-refractivity contribution is -0.119. The monoisotopic (exact) mass is 427 g/mol. The summed E-state index contributed by atoms with van der Waals surface area (Å²) in [5.74, 6) is -3.83. The molecule has 2 aromatic rings. The molecular formula is C18H19F2N3O5S. The Morgan fingerprint density at radius 2 is 1.79 bits per heavy atom. The number of carbonyl (C=O) groups is 2. The van der Waals surface area contributed by atoms with Crippen LogP contribution >= 0.6 is 0 Å². The van der Waals surface area contributed by atoms with Crippen molar-refractivity contribution in [2.24, 2.45) is 7.05 Å².